The van der Waals surface area contributed by atoms with Gasteiger partial charge in [-0.05, 0) is 55.2 Å². The molecule has 2 fully saturated rings. The Morgan fingerprint density at radius 2 is 1.91 bits per heavy atom. The lowest BCUT2D eigenvalue weighted by Gasteiger charge is -2.28. The van der Waals surface area contributed by atoms with Gasteiger partial charge >= 0.3 is 17.8 Å². The van der Waals surface area contributed by atoms with Crippen molar-refractivity contribution in [1.82, 2.24) is 15.2 Å². The van der Waals surface area contributed by atoms with Crippen molar-refractivity contribution in [2.75, 3.05) is 12.4 Å². The first-order chi connectivity index (χ1) is 16.1. The lowest BCUT2D eigenvalue weighted by Crippen LogP contribution is -2.20. The molecule has 1 unspecified atom stereocenters. The van der Waals surface area contributed by atoms with Gasteiger partial charge in [0.15, 0.2) is 0 Å². The fourth-order valence-corrected chi connectivity index (χ4v) is 4.96. The van der Waals surface area contributed by atoms with E-state index in [2.05, 4.69) is 20.5 Å². The van der Waals surface area contributed by atoms with Crippen LogP contribution in [0, 0.1) is 11.3 Å². The lowest BCUT2D eigenvalue weighted by atomic mass is 9.77. The third kappa shape index (κ3) is 4.51. The van der Waals surface area contributed by atoms with Gasteiger partial charge < -0.3 is 14.5 Å². The molecule has 5 rings (SSSR count). The second-order valence-corrected chi connectivity index (χ2v) is 9.01. The Kier molecular flexibility index (Phi) is 5.66. The first-order valence-corrected chi connectivity index (χ1v) is 11.3. The van der Waals surface area contributed by atoms with E-state index in [1.165, 1.54) is 7.11 Å². The van der Waals surface area contributed by atoms with E-state index < -0.39 is 5.91 Å². The second-order valence-electron chi connectivity index (χ2n) is 9.01. The van der Waals surface area contributed by atoms with Crippen molar-refractivity contribution >= 4 is 17.6 Å². The maximum absolute atomic E-state index is 12.5. The summed E-state index contributed by atoms with van der Waals surface area (Å²) in [7, 11) is 1.46. The first-order valence-electron chi connectivity index (χ1n) is 11.3. The van der Waals surface area contributed by atoms with Gasteiger partial charge in [-0.15, -0.1) is 10.2 Å². The Labute approximate surface area is 191 Å². The number of nitrogens with zero attached hydrogens (tertiary/aromatic N) is 3. The largest absolute Gasteiger partial charge is 0.469 e. The van der Waals surface area contributed by atoms with Crippen molar-refractivity contribution in [2.45, 2.75) is 44.4 Å². The Morgan fingerprint density at radius 1 is 1.12 bits per heavy atom. The molecule has 1 spiro atoms. The molecule has 0 aliphatic heterocycles. The van der Waals surface area contributed by atoms with Gasteiger partial charge in [-0.2, -0.15) is 0 Å². The van der Waals surface area contributed by atoms with E-state index in [1.807, 2.05) is 42.5 Å². The molecule has 2 aliphatic carbocycles. The summed E-state index contributed by atoms with van der Waals surface area (Å²) >= 11 is 0. The normalized spacial score (nSPS) is 23.8. The summed E-state index contributed by atoms with van der Waals surface area (Å²) in [6, 6.07) is 13.5. The van der Waals surface area contributed by atoms with Gasteiger partial charge in [0.2, 0.25) is 5.89 Å². The summed E-state index contributed by atoms with van der Waals surface area (Å²) in [5.74, 6) is 0.230. The number of carbonyl (C=O) groups is 2. The number of amides is 1. The van der Waals surface area contributed by atoms with Crippen molar-refractivity contribution in [1.29, 1.82) is 0 Å². The first kappa shape index (κ1) is 21.3. The molecule has 1 atom stereocenters. The third-order valence-electron chi connectivity index (χ3n) is 6.98. The smallest absolute Gasteiger partial charge is 0.313 e. The summed E-state index contributed by atoms with van der Waals surface area (Å²) in [5, 5.41) is 10.6. The van der Waals surface area contributed by atoms with Crippen LogP contribution in [0.2, 0.25) is 0 Å². The SMILES string of the molecule is COC(=O)C1CC12CCC(c1ccc(NC(=O)c3nnc(Cc4ccccc4)o3)cn1)CC2. The second kappa shape index (κ2) is 8.77. The van der Waals surface area contributed by atoms with Crippen LogP contribution in [-0.2, 0) is 16.0 Å². The Morgan fingerprint density at radius 3 is 2.61 bits per heavy atom. The number of ether oxygens (including phenoxy) is 1. The zero-order valence-electron chi connectivity index (χ0n) is 18.5. The van der Waals surface area contributed by atoms with Crippen LogP contribution in [0.1, 0.15) is 65.9 Å². The number of esters is 1. The number of carbonyl (C=O) groups excluding carboxylic acids is 2. The molecule has 0 bridgehead atoms. The van der Waals surface area contributed by atoms with Crippen LogP contribution in [-0.4, -0.2) is 34.2 Å². The minimum atomic E-state index is -0.460. The van der Waals surface area contributed by atoms with Gasteiger partial charge in [0, 0.05) is 11.6 Å². The Bertz CT molecular complexity index is 1130. The molecule has 0 radical (unpaired) electrons. The molecule has 8 nitrogen and oxygen atoms in total. The Hall–Kier alpha value is -3.55. The minimum Gasteiger partial charge on any atom is -0.469 e. The molecule has 2 saturated carbocycles. The number of hydrogen-bond donors (Lipinski definition) is 1. The molecular formula is C25H26N4O4. The number of pyridine rings is 1. The molecule has 2 heterocycles. The van der Waals surface area contributed by atoms with Crippen molar-refractivity contribution < 1.29 is 18.7 Å². The van der Waals surface area contributed by atoms with E-state index >= 15 is 0 Å². The maximum atomic E-state index is 12.5. The van der Waals surface area contributed by atoms with Crippen molar-refractivity contribution in [2.24, 2.45) is 11.3 Å². The molecule has 2 aromatic heterocycles. The molecule has 2 aliphatic rings. The summed E-state index contributed by atoms with van der Waals surface area (Å²) in [5.41, 5.74) is 2.78. The van der Waals surface area contributed by atoms with Crippen molar-refractivity contribution in [3.8, 4) is 0 Å². The van der Waals surface area contributed by atoms with Gasteiger partial charge in [-0.25, -0.2) is 0 Å². The van der Waals surface area contributed by atoms with E-state index in [0.29, 0.717) is 23.9 Å². The highest BCUT2D eigenvalue weighted by Gasteiger charge is 2.59. The number of rotatable bonds is 6. The molecule has 170 valence electrons. The quantitative estimate of drug-likeness (QED) is 0.567. The molecule has 33 heavy (non-hydrogen) atoms. The highest BCUT2D eigenvalue weighted by Crippen LogP contribution is 2.63. The molecule has 1 amide bonds. The van der Waals surface area contributed by atoms with Gasteiger partial charge in [-0.3, -0.25) is 14.6 Å². The zero-order chi connectivity index (χ0) is 22.8. The predicted molar refractivity (Wildman–Crippen MR) is 120 cm³/mol. The lowest BCUT2D eigenvalue weighted by molar-refractivity contribution is -0.143. The minimum absolute atomic E-state index is 0.0693. The standard InChI is InChI=1S/C25H26N4O4/c1-32-24(31)19-14-25(19)11-9-17(10-12-25)20-8-7-18(15-26-20)27-22(30)23-29-28-21(33-23)13-16-5-3-2-4-6-16/h2-8,15,17,19H,9-14H2,1H3,(H,27,30). The van der Waals surface area contributed by atoms with Crippen LogP contribution in [0.5, 0.6) is 0 Å². The third-order valence-corrected chi connectivity index (χ3v) is 6.98. The van der Waals surface area contributed by atoms with E-state index in [4.69, 9.17) is 9.15 Å². The number of aromatic nitrogens is 3. The van der Waals surface area contributed by atoms with Crippen LogP contribution < -0.4 is 5.32 Å². The Balaban J connectivity index is 1.15. The fraction of sp³-hybridized carbons (Fsp3) is 0.400. The average Bonchev–Trinajstić information content (AvgIpc) is 3.33. The van der Waals surface area contributed by atoms with E-state index in [-0.39, 0.29) is 23.2 Å². The summed E-state index contributed by atoms with van der Waals surface area (Å²) < 4.78 is 10.4. The summed E-state index contributed by atoms with van der Waals surface area (Å²) in [4.78, 5) is 28.9. The highest BCUT2D eigenvalue weighted by molar-refractivity contribution is 6.00. The van der Waals surface area contributed by atoms with Gasteiger partial charge in [0.25, 0.3) is 0 Å². The monoisotopic (exact) mass is 446 g/mol. The van der Waals surface area contributed by atoms with Gasteiger partial charge in [-0.1, -0.05) is 30.3 Å². The number of methoxy groups -OCH3 is 1. The number of hydrogen-bond acceptors (Lipinski definition) is 7. The van der Waals surface area contributed by atoms with Gasteiger partial charge in [0.05, 0.1) is 31.3 Å². The summed E-state index contributed by atoms with van der Waals surface area (Å²) in [6.45, 7) is 0. The maximum Gasteiger partial charge on any atom is 0.313 e. The average molecular weight is 447 g/mol. The van der Waals surface area contributed by atoms with Crippen LogP contribution >= 0.6 is 0 Å². The number of anilines is 1. The highest BCUT2D eigenvalue weighted by atomic mass is 16.5. The molecule has 3 aromatic rings. The topological polar surface area (TPSA) is 107 Å². The van der Waals surface area contributed by atoms with Crippen molar-refractivity contribution in [3.63, 3.8) is 0 Å². The molecular weight excluding hydrogens is 420 g/mol. The van der Waals surface area contributed by atoms with Gasteiger partial charge in [0.1, 0.15) is 0 Å². The van der Waals surface area contributed by atoms with Crippen LogP contribution in [0.3, 0.4) is 0 Å². The van der Waals surface area contributed by atoms with Crippen LogP contribution in [0.4, 0.5) is 5.69 Å². The fourth-order valence-electron chi connectivity index (χ4n) is 4.96. The van der Waals surface area contributed by atoms with E-state index in [1.54, 1.807) is 6.20 Å². The molecule has 1 aromatic carbocycles. The molecule has 1 N–H and O–H groups in total. The van der Waals surface area contributed by atoms with Crippen LogP contribution in [0.25, 0.3) is 0 Å². The van der Waals surface area contributed by atoms with E-state index in [9.17, 15) is 9.59 Å². The molecule has 0 saturated heterocycles. The number of nitrogens with one attached hydrogen (secondary N) is 1. The molecule has 8 heteroatoms. The zero-order valence-corrected chi connectivity index (χ0v) is 18.5. The number of benzene rings is 1. The predicted octanol–water partition coefficient (Wildman–Crippen LogP) is 4.14. The van der Waals surface area contributed by atoms with Crippen LogP contribution in [0.15, 0.2) is 53.1 Å². The van der Waals surface area contributed by atoms with Crippen molar-refractivity contribution in [3.05, 3.63) is 71.7 Å². The summed E-state index contributed by atoms with van der Waals surface area (Å²) in [6.07, 6.45) is 7.16. The van der Waals surface area contributed by atoms with E-state index in [0.717, 1.165) is 43.4 Å².